The monoisotopic (exact) mass is 261 g/mol. The SMILES string of the molecule is COCCCOCCn1ccc2cc(C=O)ccc21. The van der Waals surface area contributed by atoms with Crippen LogP contribution in [-0.2, 0) is 16.0 Å². The van der Waals surface area contributed by atoms with Crippen LogP contribution in [0, 0.1) is 0 Å². The zero-order valence-corrected chi connectivity index (χ0v) is 11.2. The first-order chi connectivity index (χ1) is 9.35. The van der Waals surface area contributed by atoms with Gasteiger partial charge < -0.3 is 14.0 Å². The Morgan fingerprint density at radius 3 is 2.89 bits per heavy atom. The van der Waals surface area contributed by atoms with Crippen LogP contribution in [0.15, 0.2) is 30.5 Å². The summed E-state index contributed by atoms with van der Waals surface area (Å²) in [5.41, 5.74) is 1.84. The fourth-order valence-electron chi connectivity index (χ4n) is 2.06. The van der Waals surface area contributed by atoms with Crippen LogP contribution in [0.1, 0.15) is 16.8 Å². The van der Waals surface area contributed by atoms with Crippen molar-refractivity contribution in [2.45, 2.75) is 13.0 Å². The number of carbonyl (C=O) groups excluding carboxylic acids is 1. The van der Waals surface area contributed by atoms with Crippen LogP contribution in [0.5, 0.6) is 0 Å². The highest BCUT2D eigenvalue weighted by molar-refractivity contribution is 5.87. The molecule has 0 aliphatic carbocycles. The maximum atomic E-state index is 10.7. The molecular weight excluding hydrogens is 242 g/mol. The summed E-state index contributed by atoms with van der Waals surface area (Å²) in [6, 6.07) is 7.74. The Bertz CT molecular complexity index is 533. The molecule has 0 aliphatic heterocycles. The molecule has 2 rings (SSSR count). The van der Waals surface area contributed by atoms with Crippen molar-refractivity contribution in [2.75, 3.05) is 26.9 Å². The molecule has 19 heavy (non-hydrogen) atoms. The summed E-state index contributed by atoms with van der Waals surface area (Å²) < 4.78 is 12.6. The summed E-state index contributed by atoms with van der Waals surface area (Å²) >= 11 is 0. The predicted octanol–water partition coefficient (Wildman–Crippen LogP) is 2.51. The van der Waals surface area contributed by atoms with E-state index in [1.165, 1.54) is 0 Å². The summed E-state index contributed by atoms with van der Waals surface area (Å²) in [6.45, 7) is 2.96. The van der Waals surface area contributed by atoms with Crippen molar-refractivity contribution in [1.29, 1.82) is 0 Å². The van der Waals surface area contributed by atoms with Gasteiger partial charge in [0.2, 0.25) is 0 Å². The smallest absolute Gasteiger partial charge is 0.150 e. The molecule has 0 fully saturated rings. The topological polar surface area (TPSA) is 40.5 Å². The third-order valence-electron chi connectivity index (χ3n) is 3.04. The van der Waals surface area contributed by atoms with Gasteiger partial charge in [-0.15, -0.1) is 0 Å². The van der Waals surface area contributed by atoms with Crippen LogP contribution >= 0.6 is 0 Å². The van der Waals surface area contributed by atoms with Gasteiger partial charge in [0, 0.05) is 49.5 Å². The molecule has 1 heterocycles. The van der Waals surface area contributed by atoms with E-state index in [0.717, 1.165) is 43.4 Å². The Kier molecular flexibility index (Phi) is 5.12. The largest absolute Gasteiger partial charge is 0.385 e. The lowest BCUT2D eigenvalue weighted by Crippen LogP contribution is -2.07. The summed E-state index contributed by atoms with van der Waals surface area (Å²) in [5.74, 6) is 0. The van der Waals surface area contributed by atoms with Crippen LogP contribution in [0.2, 0.25) is 0 Å². The van der Waals surface area contributed by atoms with Gasteiger partial charge in [-0.3, -0.25) is 4.79 Å². The maximum Gasteiger partial charge on any atom is 0.150 e. The maximum absolute atomic E-state index is 10.7. The van der Waals surface area contributed by atoms with E-state index in [-0.39, 0.29) is 0 Å². The van der Waals surface area contributed by atoms with E-state index in [4.69, 9.17) is 9.47 Å². The zero-order valence-electron chi connectivity index (χ0n) is 11.2. The van der Waals surface area contributed by atoms with Gasteiger partial charge in [-0.1, -0.05) is 0 Å². The van der Waals surface area contributed by atoms with Gasteiger partial charge >= 0.3 is 0 Å². The molecule has 0 saturated carbocycles. The Morgan fingerprint density at radius 1 is 1.21 bits per heavy atom. The Morgan fingerprint density at radius 2 is 2.11 bits per heavy atom. The molecular formula is C15H19NO3. The molecule has 2 aromatic rings. The fourth-order valence-corrected chi connectivity index (χ4v) is 2.06. The van der Waals surface area contributed by atoms with Crippen molar-refractivity contribution in [3.8, 4) is 0 Å². The highest BCUT2D eigenvalue weighted by Crippen LogP contribution is 2.16. The fraction of sp³-hybridized carbons (Fsp3) is 0.400. The van der Waals surface area contributed by atoms with Crippen molar-refractivity contribution in [3.05, 3.63) is 36.0 Å². The molecule has 0 aliphatic rings. The van der Waals surface area contributed by atoms with Crippen molar-refractivity contribution < 1.29 is 14.3 Å². The molecule has 0 amide bonds. The summed E-state index contributed by atoms with van der Waals surface area (Å²) in [6.07, 6.45) is 3.82. The van der Waals surface area contributed by atoms with Gasteiger partial charge in [0.25, 0.3) is 0 Å². The van der Waals surface area contributed by atoms with Crippen LogP contribution in [0.3, 0.4) is 0 Å². The number of aromatic nitrogens is 1. The highest BCUT2D eigenvalue weighted by atomic mass is 16.5. The van der Waals surface area contributed by atoms with E-state index in [1.54, 1.807) is 7.11 Å². The number of methoxy groups -OCH3 is 1. The number of ether oxygens (including phenoxy) is 2. The molecule has 0 spiro atoms. The van der Waals surface area contributed by atoms with Crippen LogP contribution < -0.4 is 0 Å². The molecule has 1 aromatic heterocycles. The van der Waals surface area contributed by atoms with Crippen molar-refractivity contribution in [3.63, 3.8) is 0 Å². The van der Waals surface area contributed by atoms with Crippen LogP contribution in [-0.4, -0.2) is 37.8 Å². The molecule has 4 nitrogen and oxygen atoms in total. The molecule has 102 valence electrons. The van der Waals surface area contributed by atoms with E-state index in [2.05, 4.69) is 4.57 Å². The molecule has 0 bridgehead atoms. The molecule has 0 unspecified atom stereocenters. The quantitative estimate of drug-likeness (QED) is 0.541. The molecule has 0 radical (unpaired) electrons. The average Bonchev–Trinajstić information content (AvgIpc) is 2.85. The Balaban J connectivity index is 1.89. The first kappa shape index (κ1) is 13.8. The lowest BCUT2D eigenvalue weighted by atomic mass is 10.2. The summed E-state index contributed by atoms with van der Waals surface area (Å²) in [7, 11) is 1.69. The Hall–Kier alpha value is -1.65. The van der Waals surface area contributed by atoms with Gasteiger partial charge in [0.05, 0.1) is 6.61 Å². The van der Waals surface area contributed by atoms with Gasteiger partial charge in [0.15, 0.2) is 0 Å². The number of carbonyl (C=O) groups is 1. The number of benzene rings is 1. The van der Waals surface area contributed by atoms with E-state index >= 15 is 0 Å². The molecule has 0 N–H and O–H groups in total. The number of fused-ring (bicyclic) bond motifs is 1. The van der Waals surface area contributed by atoms with Gasteiger partial charge in [-0.25, -0.2) is 0 Å². The minimum atomic E-state index is 0.683. The highest BCUT2D eigenvalue weighted by Gasteiger charge is 2.01. The second-order valence-corrected chi connectivity index (χ2v) is 4.40. The second-order valence-electron chi connectivity index (χ2n) is 4.40. The lowest BCUT2D eigenvalue weighted by molar-refractivity contribution is 0.0982. The predicted molar refractivity (Wildman–Crippen MR) is 74.6 cm³/mol. The summed E-state index contributed by atoms with van der Waals surface area (Å²) in [5, 5.41) is 1.09. The first-order valence-electron chi connectivity index (χ1n) is 6.46. The first-order valence-corrected chi connectivity index (χ1v) is 6.46. The van der Waals surface area contributed by atoms with E-state index in [0.29, 0.717) is 12.2 Å². The van der Waals surface area contributed by atoms with Crippen molar-refractivity contribution in [1.82, 2.24) is 4.57 Å². The molecule has 0 saturated heterocycles. The van der Waals surface area contributed by atoms with E-state index < -0.39 is 0 Å². The third-order valence-corrected chi connectivity index (χ3v) is 3.04. The molecule has 1 aromatic carbocycles. The summed E-state index contributed by atoms with van der Waals surface area (Å²) in [4.78, 5) is 10.7. The van der Waals surface area contributed by atoms with E-state index in [9.17, 15) is 4.79 Å². The third kappa shape index (κ3) is 3.66. The molecule has 0 atom stereocenters. The van der Waals surface area contributed by atoms with Crippen molar-refractivity contribution in [2.24, 2.45) is 0 Å². The number of hydrogen-bond donors (Lipinski definition) is 0. The van der Waals surface area contributed by atoms with Crippen LogP contribution in [0.25, 0.3) is 10.9 Å². The lowest BCUT2D eigenvalue weighted by Gasteiger charge is -2.07. The van der Waals surface area contributed by atoms with Gasteiger partial charge in [0.1, 0.15) is 6.29 Å². The number of rotatable bonds is 8. The number of aldehydes is 1. The average molecular weight is 261 g/mol. The number of nitrogens with zero attached hydrogens (tertiary/aromatic N) is 1. The van der Waals surface area contributed by atoms with Crippen molar-refractivity contribution >= 4 is 17.2 Å². The number of hydrogen-bond acceptors (Lipinski definition) is 3. The van der Waals surface area contributed by atoms with Crippen LogP contribution in [0.4, 0.5) is 0 Å². The molecule has 4 heteroatoms. The van der Waals surface area contributed by atoms with Gasteiger partial charge in [-0.05, 0) is 30.7 Å². The Labute approximate surface area is 112 Å². The minimum absolute atomic E-state index is 0.683. The van der Waals surface area contributed by atoms with E-state index in [1.807, 2.05) is 30.5 Å². The normalized spacial score (nSPS) is 11.0. The zero-order chi connectivity index (χ0) is 13.5. The second kappa shape index (κ2) is 7.07. The minimum Gasteiger partial charge on any atom is -0.385 e. The van der Waals surface area contributed by atoms with Gasteiger partial charge in [-0.2, -0.15) is 0 Å². The standard InChI is InChI=1S/C15H19NO3/c1-18-8-2-9-19-10-7-16-6-5-14-11-13(12-17)3-4-15(14)16/h3-6,11-12H,2,7-10H2,1H3.